The van der Waals surface area contributed by atoms with E-state index in [9.17, 15) is 4.79 Å². The topological polar surface area (TPSA) is 44.4 Å². The van der Waals surface area contributed by atoms with Gasteiger partial charge in [-0.25, -0.2) is 0 Å². The maximum Gasteiger partial charge on any atom is 0.225 e. The van der Waals surface area contributed by atoms with Gasteiger partial charge in [0.2, 0.25) is 5.91 Å². The first-order chi connectivity index (χ1) is 11.6. The molecule has 1 aromatic rings. The van der Waals surface area contributed by atoms with Crippen LogP contribution in [0.2, 0.25) is 0 Å². The van der Waals surface area contributed by atoms with E-state index >= 15 is 0 Å². The van der Waals surface area contributed by atoms with Crippen molar-refractivity contribution in [1.29, 1.82) is 0 Å². The minimum atomic E-state index is -0.101. The molecule has 2 heterocycles. The van der Waals surface area contributed by atoms with Crippen LogP contribution >= 0.6 is 0 Å². The number of benzene rings is 1. The summed E-state index contributed by atoms with van der Waals surface area (Å²) in [5, 5.41) is 8.81. The zero-order valence-corrected chi connectivity index (χ0v) is 14.8. The van der Waals surface area contributed by atoms with Crippen molar-refractivity contribution in [3.8, 4) is 0 Å². The first-order valence-corrected chi connectivity index (χ1v) is 9.23. The van der Waals surface area contributed by atoms with Crippen LogP contribution < -0.4 is 26.0 Å². The van der Waals surface area contributed by atoms with Gasteiger partial charge < -0.3 is 15.5 Å². The molecule has 4 heteroatoms. The number of nitrogens with zero attached hydrogens (tertiary/aromatic N) is 1. The highest BCUT2D eigenvalue weighted by molar-refractivity contribution is 5.82. The van der Waals surface area contributed by atoms with Crippen LogP contribution in [0.4, 0.5) is 5.69 Å². The molecule has 0 aromatic heterocycles. The lowest BCUT2D eigenvalue weighted by atomic mass is 9.94. The summed E-state index contributed by atoms with van der Waals surface area (Å²) in [5.41, 5.74) is 1.29. The quantitative estimate of drug-likeness (QED) is 0.877. The Labute approximate surface area is 143 Å². The predicted molar refractivity (Wildman–Crippen MR) is 97.6 cm³/mol. The summed E-state index contributed by atoms with van der Waals surface area (Å²) in [4.78, 5) is 14.7. The van der Waals surface area contributed by atoms with Gasteiger partial charge in [-0.05, 0) is 61.3 Å². The molecule has 1 aromatic carbocycles. The molecule has 4 rings (SSSR count). The highest BCUT2D eigenvalue weighted by Crippen LogP contribution is 2.41. The SMILES string of the molecule is CCC1CC1C(=O)NC1C=c2ccc(N3C(C)CC3C)cc2=CN1. The molecule has 2 fully saturated rings. The van der Waals surface area contributed by atoms with Gasteiger partial charge >= 0.3 is 0 Å². The second-order valence-electron chi connectivity index (χ2n) is 7.63. The van der Waals surface area contributed by atoms with Crippen molar-refractivity contribution in [1.82, 2.24) is 10.6 Å². The van der Waals surface area contributed by atoms with Gasteiger partial charge in [0.05, 0.1) is 0 Å². The second-order valence-corrected chi connectivity index (χ2v) is 7.63. The maximum absolute atomic E-state index is 12.2. The molecule has 128 valence electrons. The van der Waals surface area contributed by atoms with E-state index < -0.39 is 0 Å². The largest absolute Gasteiger partial charge is 0.368 e. The van der Waals surface area contributed by atoms with Crippen molar-refractivity contribution in [3.05, 3.63) is 28.6 Å². The minimum absolute atomic E-state index is 0.101. The van der Waals surface area contributed by atoms with Crippen molar-refractivity contribution in [3.63, 3.8) is 0 Å². The molecule has 0 bridgehead atoms. The van der Waals surface area contributed by atoms with Gasteiger partial charge in [0.15, 0.2) is 0 Å². The van der Waals surface area contributed by atoms with E-state index in [2.05, 4.69) is 60.6 Å². The Morgan fingerprint density at radius 2 is 2.04 bits per heavy atom. The van der Waals surface area contributed by atoms with E-state index in [-0.39, 0.29) is 18.0 Å². The molecule has 0 spiro atoms. The summed E-state index contributed by atoms with van der Waals surface area (Å²) in [6.07, 6.45) is 7.46. The lowest BCUT2D eigenvalue weighted by Gasteiger charge is -2.47. The molecule has 4 nitrogen and oxygen atoms in total. The van der Waals surface area contributed by atoms with Gasteiger partial charge in [-0.15, -0.1) is 0 Å². The summed E-state index contributed by atoms with van der Waals surface area (Å²) in [7, 11) is 0. The van der Waals surface area contributed by atoms with Gasteiger partial charge in [0.1, 0.15) is 6.17 Å². The van der Waals surface area contributed by atoms with Crippen LogP contribution in [0.25, 0.3) is 12.3 Å². The Morgan fingerprint density at radius 3 is 2.71 bits per heavy atom. The zero-order chi connectivity index (χ0) is 16.8. The molecule has 1 amide bonds. The number of hydrogen-bond donors (Lipinski definition) is 2. The van der Waals surface area contributed by atoms with Crippen LogP contribution in [0.15, 0.2) is 18.2 Å². The number of carbonyl (C=O) groups excluding carboxylic acids is 1. The Hall–Kier alpha value is -1.97. The van der Waals surface area contributed by atoms with Gasteiger partial charge in [-0.3, -0.25) is 4.79 Å². The van der Waals surface area contributed by atoms with Crippen LogP contribution in [0.1, 0.15) is 40.0 Å². The Kier molecular flexibility index (Phi) is 3.78. The molecule has 5 atom stereocenters. The van der Waals surface area contributed by atoms with Gasteiger partial charge in [-0.2, -0.15) is 0 Å². The lowest BCUT2D eigenvalue weighted by molar-refractivity contribution is -0.123. The molecule has 24 heavy (non-hydrogen) atoms. The highest BCUT2D eigenvalue weighted by Gasteiger charge is 2.41. The van der Waals surface area contributed by atoms with E-state index in [4.69, 9.17) is 0 Å². The lowest BCUT2D eigenvalue weighted by Crippen LogP contribution is -2.54. The van der Waals surface area contributed by atoms with Crippen molar-refractivity contribution in [2.24, 2.45) is 11.8 Å². The first-order valence-electron chi connectivity index (χ1n) is 9.23. The molecular formula is C20H27N3O. The molecule has 5 unspecified atom stereocenters. The van der Waals surface area contributed by atoms with E-state index in [1.165, 1.54) is 22.5 Å². The fraction of sp³-hybridized carbons (Fsp3) is 0.550. The van der Waals surface area contributed by atoms with Crippen molar-refractivity contribution < 1.29 is 4.79 Å². The van der Waals surface area contributed by atoms with Gasteiger partial charge in [0, 0.05) is 29.9 Å². The summed E-state index contributed by atoms with van der Waals surface area (Å²) >= 11 is 0. The molecule has 3 aliphatic rings. The molecule has 2 N–H and O–H groups in total. The van der Waals surface area contributed by atoms with Crippen LogP contribution in [-0.4, -0.2) is 24.2 Å². The van der Waals surface area contributed by atoms with Crippen molar-refractivity contribution in [2.45, 2.75) is 58.3 Å². The summed E-state index contributed by atoms with van der Waals surface area (Å²) in [6.45, 7) is 6.71. The molecule has 0 radical (unpaired) electrons. The van der Waals surface area contributed by atoms with Crippen molar-refractivity contribution >= 4 is 23.9 Å². The third kappa shape index (κ3) is 2.68. The number of fused-ring (bicyclic) bond motifs is 1. The monoisotopic (exact) mass is 325 g/mol. The Morgan fingerprint density at radius 1 is 1.25 bits per heavy atom. The van der Waals surface area contributed by atoms with E-state index in [0.29, 0.717) is 18.0 Å². The smallest absolute Gasteiger partial charge is 0.225 e. The van der Waals surface area contributed by atoms with E-state index in [1.54, 1.807) is 0 Å². The van der Waals surface area contributed by atoms with E-state index in [1.807, 2.05) is 6.20 Å². The Balaban J connectivity index is 1.49. The highest BCUT2D eigenvalue weighted by atomic mass is 16.2. The van der Waals surface area contributed by atoms with Crippen LogP contribution in [0, 0.1) is 11.8 Å². The Bertz CT molecular complexity index is 764. The fourth-order valence-corrected chi connectivity index (χ4v) is 4.30. The summed E-state index contributed by atoms with van der Waals surface area (Å²) in [5.74, 6) is 1.00. The average molecular weight is 325 g/mol. The molecule has 1 saturated carbocycles. The zero-order valence-electron chi connectivity index (χ0n) is 14.8. The third-order valence-corrected chi connectivity index (χ3v) is 5.85. The number of rotatable bonds is 4. The van der Waals surface area contributed by atoms with Gasteiger partial charge in [-0.1, -0.05) is 19.4 Å². The fourth-order valence-electron chi connectivity index (χ4n) is 4.30. The van der Waals surface area contributed by atoms with Crippen molar-refractivity contribution in [2.75, 3.05) is 4.90 Å². The minimum Gasteiger partial charge on any atom is -0.368 e. The number of hydrogen-bond acceptors (Lipinski definition) is 3. The standard InChI is InChI=1S/C20H27N3O/c1-4-14-9-18(14)20(24)22-19-10-15-5-6-17(8-16(15)11-21-19)23-12(2)7-13(23)3/h5-6,8,10-14,18-19,21H,4,7,9H2,1-3H3,(H,22,24). The number of anilines is 1. The van der Waals surface area contributed by atoms with Crippen LogP contribution in [0.3, 0.4) is 0 Å². The third-order valence-electron chi connectivity index (χ3n) is 5.85. The van der Waals surface area contributed by atoms with Gasteiger partial charge in [0.25, 0.3) is 0 Å². The predicted octanol–water partition coefficient (Wildman–Crippen LogP) is 1.28. The average Bonchev–Trinajstić information content (AvgIpc) is 3.34. The molecule has 2 aliphatic heterocycles. The number of carbonyl (C=O) groups is 1. The molecular weight excluding hydrogens is 298 g/mol. The summed E-state index contributed by atoms with van der Waals surface area (Å²) < 4.78 is 0. The van der Waals surface area contributed by atoms with E-state index in [0.717, 1.165) is 12.8 Å². The molecule has 1 saturated heterocycles. The maximum atomic E-state index is 12.2. The number of amides is 1. The number of nitrogens with one attached hydrogen (secondary N) is 2. The normalized spacial score (nSPS) is 33.3. The first kappa shape index (κ1) is 15.6. The molecule has 1 aliphatic carbocycles. The van der Waals surface area contributed by atoms with Crippen LogP contribution in [-0.2, 0) is 4.79 Å². The van der Waals surface area contributed by atoms with Crippen LogP contribution in [0.5, 0.6) is 0 Å². The second kappa shape index (κ2) is 5.83. The summed E-state index contributed by atoms with van der Waals surface area (Å²) in [6, 6.07) is 7.86.